The molecule has 0 atom stereocenters. The number of anilines is 1. The van der Waals surface area contributed by atoms with Crippen molar-refractivity contribution in [1.29, 1.82) is 0 Å². The predicted octanol–water partition coefficient (Wildman–Crippen LogP) is 3.69. The zero-order valence-corrected chi connectivity index (χ0v) is 15.7. The molecule has 3 aromatic rings. The molecule has 2 N–H and O–H groups in total. The molecular formula is C19H20N4O2S. The zero-order valence-electron chi connectivity index (χ0n) is 14.9. The Hall–Kier alpha value is -2.80. The number of rotatable bonds is 6. The van der Waals surface area contributed by atoms with E-state index in [-0.39, 0.29) is 5.75 Å². The summed E-state index contributed by atoms with van der Waals surface area (Å²) >= 11 is 1.12. The van der Waals surface area contributed by atoms with Gasteiger partial charge in [-0.15, -0.1) is 10.2 Å². The van der Waals surface area contributed by atoms with Crippen LogP contribution in [0, 0.1) is 6.92 Å². The van der Waals surface area contributed by atoms with E-state index in [1.54, 1.807) is 0 Å². The number of carbonyl (C=O) groups is 1. The van der Waals surface area contributed by atoms with E-state index in [9.17, 15) is 4.79 Å². The number of hydrogen-bond acceptors (Lipinski definition) is 5. The molecule has 2 aromatic carbocycles. The Labute approximate surface area is 156 Å². The maximum absolute atomic E-state index is 10.7. The normalized spacial score (nSPS) is 10.7. The number of H-pyrrole nitrogens is 1. The van der Waals surface area contributed by atoms with E-state index >= 15 is 0 Å². The van der Waals surface area contributed by atoms with E-state index < -0.39 is 5.97 Å². The molecular weight excluding hydrogens is 348 g/mol. The quantitative estimate of drug-likeness (QED) is 0.646. The second kappa shape index (κ2) is 7.61. The van der Waals surface area contributed by atoms with Crippen molar-refractivity contribution in [1.82, 2.24) is 15.2 Å². The number of aryl methyl sites for hydroxylation is 1. The zero-order chi connectivity index (χ0) is 18.7. The lowest BCUT2D eigenvalue weighted by atomic mass is 9.99. The van der Waals surface area contributed by atoms with Crippen LogP contribution in [0.2, 0.25) is 0 Å². The average Bonchev–Trinajstić information content (AvgIpc) is 3.08. The van der Waals surface area contributed by atoms with Crippen LogP contribution >= 0.6 is 11.8 Å². The topological polar surface area (TPSA) is 82.1 Å². The smallest absolute Gasteiger partial charge is 0.313 e. The molecule has 0 spiro atoms. The van der Waals surface area contributed by atoms with Gasteiger partial charge in [-0.25, -0.2) is 0 Å². The number of carboxylic acid groups (broad SMARTS) is 1. The fraction of sp³-hybridized carbons (Fsp3) is 0.211. The van der Waals surface area contributed by atoms with Crippen LogP contribution in [0.3, 0.4) is 0 Å². The van der Waals surface area contributed by atoms with Gasteiger partial charge in [-0.05, 0) is 47.9 Å². The Morgan fingerprint density at radius 1 is 1.12 bits per heavy atom. The summed E-state index contributed by atoms with van der Waals surface area (Å²) in [5, 5.41) is 17.5. The molecule has 0 saturated carbocycles. The van der Waals surface area contributed by atoms with Crippen LogP contribution in [0.5, 0.6) is 0 Å². The minimum Gasteiger partial charge on any atom is -0.481 e. The van der Waals surface area contributed by atoms with Gasteiger partial charge in [0.05, 0.1) is 5.75 Å². The Bertz CT molecular complexity index is 937. The minimum absolute atomic E-state index is 0.0506. The van der Waals surface area contributed by atoms with Crippen LogP contribution in [0.4, 0.5) is 5.69 Å². The van der Waals surface area contributed by atoms with Crippen molar-refractivity contribution in [2.45, 2.75) is 12.1 Å². The molecule has 0 fully saturated rings. The molecule has 0 aliphatic rings. The van der Waals surface area contributed by atoms with Crippen LogP contribution in [-0.4, -0.2) is 46.1 Å². The summed E-state index contributed by atoms with van der Waals surface area (Å²) in [6.45, 7) is 2.04. The van der Waals surface area contributed by atoms with Gasteiger partial charge in [0.25, 0.3) is 0 Å². The number of aromatic nitrogens is 3. The number of thioether (sulfide) groups is 1. The van der Waals surface area contributed by atoms with Crippen molar-refractivity contribution in [2.75, 3.05) is 24.7 Å². The van der Waals surface area contributed by atoms with E-state index in [2.05, 4.69) is 50.4 Å². The number of benzene rings is 2. The van der Waals surface area contributed by atoms with Crippen molar-refractivity contribution in [3.05, 3.63) is 48.0 Å². The van der Waals surface area contributed by atoms with Crippen LogP contribution in [0.1, 0.15) is 5.56 Å². The van der Waals surface area contributed by atoms with Crippen molar-refractivity contribution in [3.63, 3.8) is 0 Å². The Morgan fingerprint density at radius 2 is 1.88 bits per heavy atom. The molecule has 0 aliphatic heterocycles. The van der Waals surface area contributed by atoms with Gasteiger partial charge in [-0.1, -0.05) is 30.0 Å². The number of carboxylic acids is 1. The second-order valence-corrected chi connectivity index (χ2v) is 7.16. The van der Waals surface area contributed by atoms with Gasteiger partial charge >= 0.3 is 5.97 Å². The second-order valence-electron chi connectivity index (χ2n) is 6.19. The Morgan fingerprint density at radius 3 is 2.62 bits per heavy atom. The maximum Gasteiger partial charge on any atom is 0.313 e. The summed E-state index contributed by atoms with van der Waals surface area (Å²) < 4.78 is 0. The molecule has 1 heterocycles. The summed E-state index contributed by atoms with van der Waals surface area (Å²) in [6, 6.07) is 14.6. The first-order valence-corrected chi connectivity index (χ1v) is 9.08. The molecule has 134 valence electrons. The summed E-state index contributed by atoms with van der Waals surface area (Å²) in [5.74, 6) is -0.302. The lowest BCUT2D eigenvalue weighted by Gasteiger charge is -2.14. The van der Waals surface area contributed by atoms with Gasteiger partial charge < -0.3 is 15.0 Å². The minimum atomic E-state index is -0.883. The van der Waals surface area contributed by atoms with Crippen molar-refractivity contribution >= 4 is 23.4 Å². The number of nitrogens with zero attached hydrogens (tertiary/aromatic N) is 3. The molecule has 7 heteroatoms. The largest absolute Gasteiger partial charge is 0.481 e. The van der Waals surface area contributed by atoms with Crippen molar-refractivity contribution in [3.8, 4) is 22.5 Å². The molecule has 6 nitrogen and oxygen atoms in total. The maximum atomic E-state index is 10.7. The first kappa shape index (κ1) is 18.0. The number of aromatic amines is 1. The Kier molecular flexibility index (Phi) is 5.27. The van der Waals surface area contributed by atoms with Gasteiger partial charge in [0, 0.05) is 25.3 Å². The molecule has 26 heavy (non-hydrogen) atoms. The van der Waals surface area contributed by atoms with Crippen molar-refractivity contribution < 1.29 is 9.90 Å². The molecule has 0 unspecified atom stereocenters. The highest BCUT2D eigenvalue weighted by atomic mass is 32.2. The van der Waals surface area contributed by atoms with Gasteiger partial charge in [-0.3, -0.25) is 4.79 Å². The predicted molar refractivity (Wildman–Crippen MR) is 105 cm³/mol. The van der Waals surface area contributed by atoms with E-state index in [0.29, 0.717) is 11.0 Å². The lowest BCUT2D eigenvalue weighted by molar-refractivity contribution is -0.133. The van der Waals surface area contributed by atoms with Crippen LogP contribution in [0.25, 0.3) is 22.5 Å². The summed E-state index contributed by atoms with van der Waals surface area (Å²) in [4.78, 5) is 15.8. The fourth-order valence-corrected chi connectivity index (χ4v) is 3.15. The number of aliphatic carboxylic acids is 1. The highest BCUT2D eigenvalue weighted by molar-refractivity contribution is 7.99. The molecule has 0 radical (unpaired) electrons. The molecule has 0 bridgehead atoms. The van der Waals surface area contributed by atoms with E-state index in [4.69, 9.17) is 5.11 Å². The standard InChI is InChI=1S/C19H20N4O2S/c1-12-7-14(13-5-4-6-16(10-13)23(2)3)9-15(8-12)18-20-19(22-21-18)26-11-17(24)25/h4-10H,11H2,1-3H3,(H,24,25)(H,20,21,22). The van der Waals surface area contributed by atoms with Crippen LogP contribution < -0.4 is 4.90 Å². The van der Waals surface area contributed by atoms with Gasteiger partial charge in [0.15, 0.2) is 11.0 Å². The highest BCUT2D eigenvalue weighted by Gasteiger charge is 2.10. The van der Waals surface area contributed by atoms with E-state index in [1.807, 2.05) is 33.2 Å². The lowest BCUT2D eigenvalue weighted by Crippen LogP contribution is -2.08. The fourth-order valence-electron chi connectivity index (χ4n) is 2.62. The third kappa shape index (κ3) is 4.23. The van der Waals surface area contributed by atoms with E-state index in [0.717, 1.165) is 39.7 Å². The molecule has 0 saturated heterocycles. The Balaban J connectivity index is 1.93. The highest BCUT2D eigenvalue weighted by Crippen LogP contribution is 2.29. The van der Waals surface area contributed by atoms with Crippen LogP contribution in [0.15, 0.2) is 47.6 Å². The summed E-state index contributed by atoms with van der Waals surface area (Å²) in [7, 11) is 4.04. The number of nitrogens with one attached hydrogen (secondary N) is 1. The monoisotopic (exact) mass is 368 g/mol. The first-order valence-electron chi connectivity index (χ1n) is 8.09. The summed E-state index contributed by atoms with van der Waals surface area (Å²) in [5.41, 5.74) is 5.40. The van der Waals surface area contributed by atoms with E-state index in [1.165, 1.54) is 0 Å². The molecule has 1 aromatic heterocycles. The first-order chi connectivity index (χ1) is 12.4. The SMILES string of the molecule is Cc1cc(-c2cccc(N(C)C)c2)cc(-c2nnc(SCC(=O)O)[nH]2)c1. The molecule has 0 aliphatic carbocycles. The third-order valence-electron chi connectivity index (χ3n) is 3.85. The molecule has 3 rings (SSSR count). The summed E-state index contributed by atoms with van der Waals surface area (Å²) in [6.07, 6.45) is 0. The van der Waals surface area contributed by atoms with Gasteiger partial charge in [0.1, 0.15) is 0 Å². The van der Waals surface area contributed by atoms with Gasteiger partial charge in [-0.2, -0.15) is 0 Å². The average molecular weight is 368 g/mol. The molecule has 0 amide bonds. The van der Waals surface area contributed by atoms with Crippen LogP contribution in [-0.2, 0) is 4.79 Å². The third-order valence-corrected chi connectivity index (χ3v) is 4.69. The number of hydrogen-bond donors (Lipinski definition) is 2. The van der Waals surface area contributed by atoms with Crippen molar-refractivity contribution in [2.24, 2.45) is 0 Å². The van der Waals surface area contributed by atoms with Gasteiger partial charge in [0.2, 0.25) is 0 Å².